The highest BCUT2D eigenvalue weighted by Gasteiger charge is 2.36. The number of hydrogen-bond acceptors (Lipinski definition) is 4. The molecule has 1 aliphatic rings. The summed E-state index contributed by atoms with van der Waals surface area (Å²) in [5, 5.41) is 3.54. The molecule has 148 valence electrons. The van der Waals surface area contributed by atoms with E-state index in [-0.39, 0.29) is 0 Å². The van der Waals surface area contributed by atoms with Crippen molar-refractivity contribution in [3.8, 4) is 0 Å². The van der Waals surface area contributed by atoms with Gasteiger partial charge >= 0.3 is 7.60 Å². The summed E-state index contributed by atoms with van der Waals surface area (Å²) in [6.07, 6.45) is 5.78. The van der Waals surface area contributed by atoms with E-state index in [4.69, 9.17) is 8.43 Å². The van der Waals surface area contributed by atoms with E-state index in [1.54, 1.807) is 0 Å². The standard InChI is InChI=1S/C19H36NO3PSi2/c1-25(2,3)22-24(21,23-26(4,5)6)16-18-11-13-19(14-12-18)20-15-17-9-7-8-10-17/h11-14,17,20H,7-10,15-16H2,1-6H3. The van der Waals surface area contributed by atoms with E-state index in [0.29, 0.717) is 6.16 Å². The molecule has 1 saturated carbocycles. The summed E-state index contributed by atoms with van der Waals surface area (Å²) in [6.45, 7) is 13.4. The first-order chi connectivity index (χ1) is 11.9. The van der Waals surface area contributed by atoms with Crippen LogP contribution in [0.25, 0.3) is 0 Å². The summed E-state index contributed by atoms with van der Waals surface area (Å²) in [6, 6.07) is 8.25. The maximum absolute atomic E-state index is 13.4. The lowest BCUT2D eigenvalue weighted by molar-refractivity contribution is 0.381. The summed E-state index contributed by atoms with van der Waals surface area (Å²) in [7, 11) is -7.06. The van der Waals surface area contributed by atoms with E-state index in [1.807, 2.05) is 12.1 Å². The molecule has 0 saturated heterocycles. The van der Waals surface area contributed by atoms with Crippen LogP contribution >= 0.6 is 7.60 Å². The minimum Gasteiger partial charge on any atom is -0.385 e. The van der Waals surface area contributed by atoms with Gasteiger partial charge in [-0.15, -0.1) is 0 Å². The Hall–Kier alpha value is -0.396. The third-order valence-corrected chi connectivity index (χ3v) is 11.6. The molecule has 0 spiro atoms. The lowest BCUT2D eigenvalue weighted by Crippen LogP contribution is -2.30. The summed E-state index contributed by atoms with van der Waals surface area (Å²) in [5.74, 6) is 0.810. The zero-order valence-electron chi connectivity index (χ0n) is 17.3. The molecule has 0 atom stereocenters. The summed E-state index contributed by atoms with van der Waals surface area (Å²) in [5.41, 5.74) is 2.14. The van der Waals surface area contributed by atoms with E-state index in [2.05, 4.69) is 56.7 Å². The van der Waals surface area contributed by atoms with E-state index >= 15 is 0 Å². The number of benzene rings is 1. The van der Waals surface area contributed by atoms with E-state index < -0.39 is 24.2 Å². The van der Waals surface area contributed by atoms with E-state index in [0.717, 1.165) is 23.7 Å². The van der Waals surface area contributed by atoms with Gasteiger partial charge in [0.1, 0.15) is 0 Å². The normalized spacial score (nSPS) is 16.8. The third-order valence-electron chi connectivity index (χ3n) is 4.23. The topological polar surface area (TPSA) is 47.6 Å². The van der Waals surface area contributed by atoms with E-state index in [9.17, 15) is 4.57 Å². The van der Waals surface area contributed by atoms with Crippen LogP contribution in [-0.2, 0) is 19.2 Å². The molecule has 7 heteroatoms. The van der Waals surface area contributed by atoms with Gasteiger partial charge in [0.2, 0.25) is 0 Å². The maximum atomic E-state index is 13.4. The lowest BCUT2D eigenvalue weighted by Gasteiger charge is -2.31. The first-order valence-corrected chi connectivity index (χ1v) is 18.3. The van der Waals surface area contributed by atoms with Crippen LogP contribution in [0.5, 0.6) is 0 Å². The number of anilines is 1. The van der Waals surface area contributed by atoms with Gasteiger partial charge in [0.05, 0.1) is 6.16 Å². The van der Waals surface area contributed by atoms with Gasteiger partial charge in [-0.1, -0.05) is 25.0 Å². The molecule has 1 aromatic rings. The van der Waals surface area contributed by atoms with Crippen LogP contribution < -0.4 is 5.32 Å². The fraction of sp³-hybridized carbons (Fsp3) is 0.684. The van der Waals surface area contributed by atoms with Gasteiger partial charge in [-0.2, -0.15) is 0 Å². The van der Waals surface area contributed by atoms with Crippen molar-refractivity contribution in [3.63, 3.8) is 0 Å². The predicted molar refractivity (Wildman–Crippen MR) is 117 cm³/mol. The second-order valence-corrected chi connectivity index (χ2v) is 20.9. The van der Waals surface area contributed by atoms with Gasteiger partial charge in [-0.05, 0) is 75.7 Å². The predicted octanol–water partition coefficient (Wildman–Crippen LogP) is 6.68. The highest BCUT2D eigenvalue weighted by Crippen LogP contribution is 2.55. The number of hydrogen-bond donors (Lipinski definition) is 1. The molecule has 0 amide bonds. The third kappa shape index (κ3) is 8.09. The molecule has 2 rings (SSSR count). The Morgan fingerprint density at radius 3 is 1.92 bits per heavy atom. The van der Waals surface area contributed by atoms with Gasteiger partial charge in [0.15, 0.2) is 16.6 Å². The van der Waals surface area contributed by atoms with Gasteiger partial charge in [0.25, 0.3) is 0 Å². The molecule has 0 unspecified atom stereocenters. The van der Waals surface area contributed by atoms with Gasteiger partial charge in [-0.3, -0.25) is 4.57 Å². The highest BCUT2D eigenvalue weighted by molar-refractivity contribution is 7.56. The van der Waals surface area contributed by atoms with Crippen molar-refractivity contribution >= 4 is 29.9 Å². The van der Waals surface area contributed by atoms with Crippen LogP contribution in [0.15, 0.2) is 24.3 Å². The Labute approximate surface area is 161 Å². The van der Waals surface area contributed by atoms with Crippen LogP contribution in [0.3, 0.4) is 0 Å². The molecule has 0 aliphatic heterocycles. The zero-order chi connectivity index (χ0) is 19.4. The second kappa shape index (κ2) is 8.74. The minimum absolute atomic E-state index is 0.352. The SMILES string of the molecule is C[Si](C)(C)OP(=O)(Cc1ccc(NCC2CCCC2)cc1)O[Si](C)(C)C. The van der Waals surface area contributed by atoms with Crippen LogP contribution in [0, 0.1) is 5.92 Å². The van der Waals surface area contributed by atoms with Gasteiger partial charge in [0, 0.05) is 12.2 Å². The fourth-order valence-corrected chi connectivity index (χ4v) is 11.7. The Morgan fingerprint density at radius 1 is 0.962 bits per heavy atom. The molecule has 0 bridgehead atoms. The van der Waals surface area contributed by atoms with Crippen LogP contribution in [0.2, 0.25) is 39.3 Å². The van der Waals surface area contributed by atoms with Crippen LogP contribution in [0.1, 0.15) is 31.2 Å². The quantitative estimate of drug-likeness (QED) is 0.362. The maximum Gasteiger partial charge on any atom is 0.315 e. The Bertz CT molecular complexity index is 597. The molecule has 1 N–H and O–H groups in total. The molecule has 26 heavy (non-hydrogen) atoms. The average Bonchev–Trinajstić information content (AvgIpc) is 2.95. The number of nitrogens with one attached hydrogen (secondary N) is 1. The van der Waals surface area contributed by atoms with E-state index in [1.165, 1.54) is 25.7 Å². The number of rotatable bonds is 9. The Kier molecular flexibility index (Phi) is 7.36. The van der Waals surface area contributed by atoms with Crippen molar-refractivity contribution in [3.05, 3.63) is 29.8 Å². The first-order valence-electron chi connectivity index (χ1n) is 9.78. The average molecular weight is 414 g/mol. The van der Waals surface area contributed by atoms with Crippen molar-refractivity contribution in [1.82, 2.24) is 0 Å². The van der Waals surface area contributed by atoms with Crippen molar-refractivity contribution in [2.75, 3.05) is 11.9 Å². The molecular weight excluding hydrogens is 377 g/mol. The largest absolute Gasteiger partial charge is 0.385 e. The first kappa shape index (κ1) is 21.9. The molecule has 0 heterocycles. The summed E-state index contributed by atoms with van der Waals surface area (Å²) in [4.78, 5) is 0. The molecule has 1 fully saturated rings. The smallest absolute Gasteiger partial charge is 0.315 e. The lowest BCUT2D eigenvalue weighted by atomic mass is 10.1. The fourth-order valence-electron chi connectivity index (χ4n) is 3.35. The second-order valence-electron chi connectivity index (χ2n) is 9.40. The van der Waals surface area contributed by atoms with Gasteiger partial charge < -0.3 is 13.7 Å². The van der Waals surface area contributed by atoms with Crippen molar-refractivity contribution < 1.29 is 13.0 Å². The summed E-state index contributed by atoms with van der Waals surface area (Å²) >= 11 is 0. The molecule has 1 aromatic carbocycles. The molecular formula is C19H36NO3PSi2. The monoisotopic (exact) mass is 413 g/mol. The Balaban J connectivity index is 2.01. The van der Waals surface area contributed by atoms with Crippen molar-refractivity contribution in [2.24, 2.45) is 5.92 Å². The van der Waals surface area contributed by atoms with Crippen LogP contribution in [0.4, 0.5) is 5.69 Å². The Morgan fingerprint density at radius 2 is 1.46 bits per heavy atom. The molecule has 0 radical (unpaired) electrons. The van der Waals surface area contributed by atoms with Gasteiger partial charge in [-0.25, -0.2) is 0 Å². The molecule has 1 aliphatic carbocycles. The van der Waals surface area contributed by atoms with Crippen molar-refractivity contribution in [1.29, 1.82) is 0 Å². The summed E-state index contributed by atoms with van der Waals surface area (Å²) < 4.78 is 25.5. The molecule has 4 nitrogen and oxygen atoms in total. The van der Waals surface area contributed by atoms with Crippen molar-refractivity contribution in [2.45, 2.75) is 71.1 Å². The minimum atomic E-state index is -3.13. The van der Waals surface area contributed by atoms with Crippen LogP contribution in [-0.4, -0.2) is 23.2 Å². The zero-order valence-corrected chi connectivity index (χ0v) is 20.2. The highest BCUT2D eigenvalue weighted by atomic mass is 31.2. The molecule has 0 aromatic heterocycles.